The zero-order chi connectivity index (χ0) is 13.8. The summed E-state index contributed by atoms with van der Waals surface area (Å²) in [6.45, 7) is 3.99. The molecule has 1 heterocycles. The molecule has 3 N–H and O–H groups in total. The highest BCUT2D eigenvalue weighted by atomic mass is 32.2. The van der Waals surface area contributed by atoms with Crippen LogP contribution in [-0.2, 0) is 4.79 Å². The second-order valence-electron chi connectivity index (χ2n) is 4.23. The number of rotatable bonds is 4. The van der Waals surface area contributed by atoms with Gasteiger partial charge in [-0.2, -0.15) is 0 Å². The molecule has 1 amide bonds. The van der Waals surface area contributed by atoms with Gasteiger partial charge in [-0.1, -0.05) is 17.8 Å². The number of aryl methyl sites for hydroxylation is 2. The van der Waals surface area contributed by atoms with Gasteiger partial charge in [-0.05, 0) is 37.1 Å². The van der Waals surface area contributed by atoms with Gasteiger partial charge < -0.3 is 11.2 Å². The van der Waals surface area contributed by atoms with Crippen molar-refractivity contribution in [2.24, 2.45) is 0 Å². The van der Waals surface area contributed by atoms with E-state index in [1.165, 1.54) is 22.8 Å². The quantitative estimate of drug-likeness (QED) is 0.650. The molecule has 19 heavy (non-hydrogen) atoms. The number of carbonyl (C=O) groups excluding carboxylic acids is 1. The molecule has 1 aromatic heterocycles. The van der Waals surface area contributed by atoms with Crippen molar-refractivity contribution in [2.75, 3.05) is 16.9 Å². The van der Waals surface area contributed by atoms with Gasteiger partial charge in [0.1, 0.15) is 6.33 Å². The van der Waals surface area contributed by atoms with Crippen molar-refractivity contribution in [3.8, 4) is 0 Å². The van der Waals surface area contributed by atoms with Crippen LogP contribution in [-0.4, -0.2) is 26.5 Å². The third-order valence-corrected chi connectivity index (χ3v) is 3.34. The Kier molecular flexibility index (Phi) is 4.06. The van der Waals surface area contributed by atoms with Gasteiger partial charge in [0.25, 0.3) is 0 Å². The Bertz CT molecular complexity index is 575. The van der Waals surface area contributed by atoms with Gasteiger partial charge >= 0.3 is 0 Å². The molecule has 0 saturated heterocycles. The SMILES string of the molecule is Cc1cc(C)cc(NC(=O)CSc2nncn2N)c1. The number of nitrogens with one attached hydrogen (secondary N) is 1. The fraction of sp³-hybridized carbons (Fsp3) is 0.250. The smallest absolute Gasteiger partial charge is 0.234 e. The number of carbonyl (C=O) groups is 1. The van der Waals surface area contributed by atoms with Crippen LogP contribution in [0.25, 0.3) is 0 Å². The molecule has 0 spiro atoms. The topological polar surface area (TPSA) is 85.8 Å². The zero-order valence-electron chi connectivity index (χ0n) is 10.8. The Labute approximate surface area is 115 Å². The van der Waals surface area contributed by atoms with Gasteiger partial charge in [-0.3, -0.25) is 4.79 Å². The van der Waals surface area contributed by atoms with Crippen LogP contribution in [0.2, 0.25) is 0 Å². The van der Waals surface area contributed by atoms with Crippen LogP contribution in [0, 0.1) is 13.8 Å². The van der Waals surface area contributed by atoms with Crippen LogP contribution in [0.1, 0.15) is 11.1 Å². The predicted molar refractivity (Wildman–Crippen MR) is 75.4 cm³/mol. The van der Waals surface area contributed by atoms with Crippen molar-refractivity contribution in [2.45, 2.75) is 19.0 Å². The number of hydrogen-bond acceptors (Lipinski definition) is 5. The molecular weight excluding hydrogens is 262 g/mol. The number of amides is 1. The zero-order valence-corrected chi connectivity index (χ0v) is 11.6. The van der Waals surface area contributed by atoms with Crippen LogP contribution in [0.15, 0.2) is 29.7 Å². The van der Waals surface area contributed by atoms with Gasteiger partial charge in [-0.25, -0.2) is 4.68 Å². The van der Waals surface area contributed by atoms with Crippen LogP contribution in [0.5, 0.6) is 0 Å². The van der Waals surface area contributed by atoms with E-state index in [9.17, 15) is 4.79 Å². The van der Waals surface area contributed by atoms with Crippen molar-refractivity contribution in [3.63, 3.8) is 0 Å². The van der Waals surface area contributed by atoms with Crippen LogP contribution in [0.4, 0.5) is 5.69 Å². The molecule has 0 bridgehead atoms. The number of thioether (sulfide) groups is 1. The predicted octanol–water partition coefficient (Wildman–Crippen LogP) is 1.34. The van der Waals surface area contributed by atoms with Gasteiger partial charge in [0.15, 0.2) is 0 Å². The first-order chi connectivity index (χ1) is 9.04. The van der Waals surface area contributed by atoms with Crippen LogP contribution in [0.3, 0.4) is 0 Å². The summed E-state index contributed by atoms with van der Waals surface area (Å²) in [6.07, 6.45) is 1.39. The van der Waals surface area contributed by atoms with E-state index in [2.05, 4.69) is 21.6 Å². The second-order valence-corrected chi connectivity index (χ2v) is 5.18. The number of nitrogens with two attached hydrogens (primary N) is 1. The average Bonchev–Trinajstić information content (AvgIpc) is 2.71. The molecule has 0 unspecified atom stereocenters. The molecule has 2 rings (SSSR count). The van der Waals surface area contributed by atoms with Crippen molar-refractivity contribution >= 4 is 23.4 Å². The normalized spacial score (nSPS) is 10.4. The molecule has 0 radical (unpaired) electrons. The minimum absolute atomic E-state index is 0.0991. The van der Waals surface area contributed by atoms with Crippen molar-refractivity contribution < 1.29 is 4.79 Å². The van der Waals surface area contributed by atoms with E-state index in [0.717, 1.165) is 16.8 Å². The molecule has 0 atom stereocenters. The number of hydrogen-bond donors (Lipinski definition) is 2. The lowest BCUT2D eigenvalue weighted by Crippen LogP contribution is -2.15. The minimum atomic E-state index is -0.0991. The maximum Gasteiger partial charge on any atom is 0.234 e. The standard InChI is InChI=1S/C12H15N5OS/c1-8-3-9(2)5-10(4-8)15-11(18)6-19-12-16-14-7-17(12)13/h3-5,7H,6,13H2,1-2H3,(H,15,18). The Balaban J connectivity index is 1.92. The highest BCUT2D eigenvalue weighted by Crippen LogP contribution is 2.16. The van der Waals surface area contributed by atoms with Gasteiger partial charge in [-0.15, -0.1) is 10.2 Å². The van der Waals surface area contributed by atoms with Gasteiger partial charge in [0, 0.05) is 5.69 Å². The van der Waals surface area contributed by atoms with Crippen LogP contribution >= 0.6 is 11.8 Å². The summed E-state index contributed by atoms with van der Waals surface area (Å²) in [5.74, 6) is 5.70. The molecule has 6 nitrogen and oxygen atoms in total. The van der Waals surface area contributed by atoms with E-state index in [1.54, 1.807) is 0 Å². The molecular formula is C12H15N5OS. The molecule has 2 aromatic rings. The lowest BCUT2D eigenvalue weighted by Gasteiger charge is -2.07. The molecule has 100 valence electrons. The van der Waals surface area contributed by atoms with Crippen molar-refractivity contribution in [1.29, 1.82) is 0 Å². The van der Waals surface area contributed by atoms with E-state index in [-0.39, 0.29) is 11.7 Å². The fourth-order valence-corrected chi connectivity index (χ4v) is 2.34. The first-order valence-electron chi connectivity index (χ1n) is 5.70. The fourth-order valence-electron chi connectivity index (χ4n) is 1.71. The Morgan fingerprint density at radius 3 is 2.63 bits per heavy atom. The molecule has 0 aliphatic heterocycles. The summed E-state index contributed by atoms with van der Waals surface area (Å²) in [5.41, 5.74) is 3.03. The maximum atomic E-state index is 11.8. The molecule has 1 aromatic carbocycles. The molecule has 0 fully saturated rings. The maximum absolute atomic E-state index is 11.8. The monoisotopic (exact) mass is 277 g/mol. The van der Waals surface area contributed by atoms with E-state index < -0.39 is 0 Å². The summed E-state index contributed by atoms with van der Waals surface area (Å²) in [5, 5.41) is 10.8. The summed E-state index contributed by atoms with van der Waals surface area (Å²) in [7, 11) is 0. The van der Waals surface area contributed by atoms with Gasteiger partial charge in [0.05, 0.1) is 5.75 Å². The lowest BCUT2D eigenvalue weighted by molar-refractivity contribution is -0.113. The van der Waals surface area contributed by atoms with Crippen molar-refractivity contribution in [3.05, 3.63) is 35.7 Å². The summed E-state index contributed by atoms with van der Waals surface area (Å²) in [4.78, 5) is 11.8. The average molecular weight is 277 g/mol. The number of benzene rings is 1. The first-order valence-corrected chi connectivity index (χ1v) is 6.69. The minimum Gasteiger partial charge on any atom is -0.336 e. The summed E-state index contributed by atoms with van der Waals surface area (Å²) < 4.78 is 1.29. The lowest BCUT2D eigenvalue weighted by atomic mass is 10.1. The number of nitrogens with zero attached hydrogens (tertiary/aromatic N) is 3. The van der Waals surface area contributed by atoms with Crippen LogP contribution < -0.4 is 11.2 Å². The number of nitrogen functional groups attached to an aromatic ring is 1. The van der Waals surface area contributed by atoms with Gasteiger partial charge in [0.2, 0.25) is 11.1 Å². The largest absolute Gasteiger partial charge is 0.336 e. The number of aromatic nitrogens is 3. The van der Waals surface area contributed by atoms with E-state index in [4.69, 9.17) is 5.84 Å². The molecule has 0 saturated carbocycles. The third kappa shape index (κ3) is 3.72. The Morgan fingerprint density at radius 2 is 2.05 bits per heavy atom. The van der Waals surface area contributed by atoms with E-state index in [0.29, 0.717) is 5.16 Å². The highest BCUT2D eigenvalue weighted by Gasteiger charge is 2.08. The Morgan fingerprint density at radius 1 is 1.37 bits per heavy atom. The van der Waals surface area contributed by atoms with E-state index in [1.807, 2.05) is 26.0 Å². The first kappa shape index (κ1) is 13.4. The third-order valence-electron chi connectivity index (χ3n) is 2.38. The summed E-state index contributed by atoms with van der Waals surface area (Å²) in [6, 6.07) is 5.92. The second kappa shape index (κ2) is 5.75. The molecule has 0 aliphatic rings. The van der Waals surface area contributed by atoms with Crippen molar-refractivity contribution in [1.82, 2.24) is 14.9 Å². The molecule has 7 heteroatoms. The molecule has 0 aliphatic carbocycles. The number of anilines is 1. The Hall–Kier alpha value is -2.02. The summed E-state index contributed by atoms with van der Waals surface area (Å²) >= 11 is 1.24. The van der Waals surface area contributed by atoms with E-state index >= 15 is 0 Å². The highest BCUT2D eigenvalue weighted by molar-refractivity contribution is 7.99.